The summed E-state index contributed by atoms with van der Waals surface area (Å²) in [5.74, 6) is -0.508. The van der Waals surface area contributed by atoms with Gasteiger partial charge in [0.05, 0.1) is 17.1 Å². The van der Waals surface area contributed by atoms with Crippen LogP contribution >= 0.6 is 0 Å². The van der Waals surface area contributed by atoms with Crippen LogP contribution in [0.5, 0.6) is 0 Å². The third-order valence-electron chi connectivity index (χ3n) is 5.16. The van der Waals surface area contributed by atoms with Crippen LogP contribution in [-0.2, 0) is 0 Å². The molecule has 2 heterocycles. The summed E-state index contributed by atoms with van der Waals surface area (Å²) in [5.41, 5.74) is 1.67. The molecule has 0 saturated heterocycles. The summed E-state index contributed by atoms with van der Waals surface area (Å²) < 4.78 is 1.64. The first-order valence-electron chi connectivity index (χ1n) is 9.75. The summed E-state index contributed by atoms with van der Waals surface area (Å²) in [7, 11) is 0. The summed E-state index contributed by atoms with van der Waals surface area (Å²) in [6.07, 6.45) is 7.10. The third-order valence-corrected chi connectivity index (χ3v) is 5.16. The van der Waals surface area contributed by atoms with E-state index in [1.54, 1.807) is 53.1 Å². The number of rotatable bonds is 4. The van der Waals surface area contributed by atoms with Crippen molar-refractivity contribution in [3.05, 3.63) is 65.7 Å². The van der Waals surface area contributed by atoms with Crippen molar-refractivity contribution in [3.8, 4) is 6.07 Å². The molecule has 2 amide bonds. The van der Waals surface area contributed by atoms with Crippen LogP contribution in [0.3, 0.4) is 0 Å². The van der Waals surface area contributed by atoms with E-state index in [0.717, 1.165) is 25.7 Å². The largest absolute Gasteiger partial charge is 0.347 e. The number of aromatic nitrogens is 2. The number of hydrogen-bond donors (Lipinski definition) is 2. The predicted octanol–water partition coefficient (Wildman–Crippen LogP) is 3.52. The van der Waals surface area contributed by atoms with Gasteiger partial charge in [0.15, 0.2) is 5.69 Å². The number of benzene rings is 1. The Morgan fingerprint density at radius 3 is 2.69 bits per heavy atom. The average molecular weight is 387 g/mol. The molecule has 146 valence electrons. The molecule has 1 saturated carbocycles. The number of amides is 2. The fraction of sp³-hybridized carbons (Fsp3) is 0.273. The van der Waals surface area contributed by atoms with Crippen LogP contribution in [0, 0.1) is 11.3 Å². The molecule has 4 rings (SSSR count). The van der Waals surface area contributed by atoms with E-state index in [1.807, 2.05) is 6.07 Å². The van der Waals surface area contributed by atoms with E-state index >= 15 is 0 Å². The van der Waals surface area contributed by atoms with Crippen molar-refractivity contribution in [1.29, 1.82) is 5.26 Å². The smallest absolute Gasteiger partial charge is 0.287 e. The van der Waals surface area contributed by atoms with Crippen LogP contribution in [-0.4, -0.2) is 27.2 Å². The van der Waals surface area contributed by atoms with Crippen molar-refractivity contribution in [2.75, 3.05) is 5.32 Å². The van der Waals surface area contributed by atoms with Crippen LogP contribution in [0.2, 0.25) is 0 Å². The molecule has 1 fully saturated rings. The molecule has 29 heavy (non-hydrogen) atoms. The molecule has 7 heteroatoms. The van der Waals surface area contributed by atoms with Crippen molar-refractivity contribution >= 4 is 23.0 Å². The zero-order valence-electron chi connectivity index (χ0n) is 15.9. The number of pyridine rings is 1. The molecule has 0 radical (unpaired) electrons. The zero-order valence-corrected chi connectivity index (χ0v) is 15.9. The van der Waals surface area contributed by atoms with E-state index in [-0.39, 0.29) is 23.5 Å². The SMILES string of the molecule is N#Cc1cccc(NC(=O)c2nc(C(=O)NC3CCCCC3)n3ccccc23)c1. The van der Waals surface area contributed by atoms with E-state index in [2.05, 4.69) is 15.6 Å². The summed E-state index contributed by atoms with van der Waals surface area (Å²) in [6.45, 7) is 0. The standard InChI is InChI=1S/C22H21N5O2/c23-14-15-7-6-10-17(13-15)25-21(28)19-18-11-4-5-12-27(18)20(26-19)22(29)24-16-8-2-1-3-9-16/h4-7,10-13,16H,1-3,8-9H2,(H,24,29)(H,25,28). The fourth-order valence-electron chi connectivity index (χ4n) is 3.72. The topological polar surface area (TPSA) is 99.3 Å². The van der Waals surface area contributed by atoms with Crippen LogP contribution in [0.1, 0.15) is 58.8 Å². The molecule has 7 nitrogen and oxygen atoms in total. The molecule has 1 aliphatic carbocycles. The number of imidazole rings is 1. The molecule has 2 aromatic heterocycles. The van der Waals surface area contributed by atoms with Crippen LogP contribution in [0.4, 0.5) is 5.69 Å². The van der Waals surface area contributed by atoms with Gasteiger partial charge in [-0.05, 0) is 43.2 Å². The highest BCUT2D eigenvalue weighted by atomic mass is 16.2. The van der Waals surface area contributed by atoms with Gasteiger partial charge in [-0.25, -0.2) is 4.98 Å². The molecular formula is C22H21N5O2. The van der Waals surface area contributed by atoms with Gasteiger partial charge in [0.25, 0.3) is 11.8 Å². The highest BCUT2D eigenvalue weighted by Gasteiger charge is 2.24. The van der Waals surface area contributed by atoms with Gasteiger partial charge < -0.3 is 10.6 Å². The Kier molecular flexibility index (Phi) is 5.25. The fourth-order valence-corrected chi connectivity index (χ4v) is 3.72. The lowest BCUT2D eigenvalue weighted by Gasteiger charge is -2.22. The van der Waals surface area contributed by atoms with Crippen molar-refractivity contribution in [2.24, 2.45) is 0 Å². The monoisotopic (exact) mass is 387 g/mol. The maximum absolute atomic E-state index is 12.9. The molecule has 1 aliphatic rings. The third kappa shape index (κ3) is 3.97. The molecule has 3 aromatic rings. The maximum Gasteiger partial charge on any atom is 0.287 e. The van der Waals surface area contributed by atoms with Gasteiger partial charge in [-0.2, -0.15) is 5.26 Å². The average Bonchev–Trinajstić information content (AvgIpc) is 3.15. The van der Waals surface area contributed by atoms with E-state index in [0.29, 0.717) is 16.8 Å². The molecule has 0 aliphatic heterocycles. The van der Waals surface area contributed by atoms with Crippen molar-refractivity contribution in [3.63, 3.8) is 0 Å². The van der Waals surface area contributed by atoms with Gasteiger partial charge in [-0.1, -0.05) is 31.4 Å². The lowest BCUT2D eigenvalue weighted by Crippen LogP contribution is -2.37. The minimum atomic E-state index is -0.430. The minimum Gasteiger partial charge on any atom is -0.347 e. The number of carbonyl (C=O) groups is 2. The van der Waals surface area contributed by atoms with Crippen LogP contribution in [0.15, 0.2) is 48.7 Å². The van der Waals surface area contributed by atoms with Crippen LogP contribution < -0.4 is 10.6 Å². The normalized spacial score (nSPS) is 14.3. The maximum atomic E-state index is 12.9. The van der Waals surface area contributed by atoms with Gasteiger partial charge in [0.2, 0.25) is 5.82 Å². The van der Waals surface area contributed by atoms with E-state index in [1.165, 1.54) is 6.42 Å². The highest BCUT2D eigenvalue weighted by molar-refractivity contribution is 6.09. The Labute approximate surface area is 168 Å². The Bertz CT molecular complexity index is 1110. The first-order valence-corrected chi connectivity index (χ1v) is 9.75. The molecule has 2 N–H and O–H groups in total. The predicted molar refractivity (Wildman–Crippen MR) is 109 cm³/mol. The molecular weight excluding hydrogens is 366 g/mol. The van der Waals surface area contributed by atoms with E-state index in [9.17, 15) is 9.59 Å². The summed E-state index contributed by atoms with van der Waals surface area (Å²) in [5, 5.41) is 14.8. The quantitative estimate of drug-likeness (QED) is 0.715. The molecule has 0 spiro atoms. The van der Waals surface area contributed by atoms with Gasteiger partial charge in [-0.15, -0.1) is 0 Å². The number of anilines is 1. The van der Waals surface area contributed by atoms with Gasteiger partial charge in [0.1, 0.15) is 0 Å². The Morgan fingerprint density at radius 1 is 1.07 bits per heavy atom. The second kappa shape index (κ2) is 8.15. The summed E-state index contributed by atoms with van der Waals surface area (Å²) in [4.78, 5) is 30.1. The Hall–Kier alpha value is -3.66. The number of nitriles is 1. The number of hydrogen-bond acceptors (Lipinski definition) is 4. The Balaban J connectivity index is 1.62. The highest BCUT2D eigenvalue weighted by Crippen LogP contribution is 2.20. The van der Waals surface area contributed by atoms with Crippen molar-refractivity contribution in [1.82, 2.24) is 14.7 Å². The molecule has 0 atom stereocenters. The second-order valence-electron chi connectivity index (χ2n) is 7.20. The second-order valence-corrected chi connectivity index (χ2v) is 7.20. The van der Waals surface area contributed by atoms with Gasteiger partial charge in [0, 0.05) is 17.9 Å². The van der Waals surface area contributed by atoms with Crippen molar-refractivity contribution < 1.29 is 9.59 Å². The van der Waals surface area contributed by atoms with Crippen molar-refractivity contribution in [2.45, 2.75) is 38.1 Å². The lowest BCUT2D eigenvalue weighted by molar-refractivity contribution is 0.0916. The first-order chi connectivity index (χ1) is 14.2. The van der Waals surface area contributed by atoms with Gasteiger partial charge >= 0.3 is 0 Å². The van der Waals surface area contributed by atoms with Crippen LogP contribution in [0.25, 0.3) is 5.52 Å². The van der Waals surface area contributed by atoms with E-state index in [4.69, 9.17) is 5.26 Å². The zero-order chi connectivity index (χ0) is 20.2. The minimum absolute atomic E-state index is 0.151. The number of nitrogens with zero attached hydrogens (tertiary/aromatic N) is 3. The molecule has 0 unspecified atom stereocenters. The number of fused-ring (bicyclic) bond motifs is 1. The first kappa shape index (κ1) is 18.7. The lowest BCUT2D eigenvalue weighted by atomic mass is 9.95. The molecule has 1 aromatic carbocycles. The molecule has 0 bridgehead atoms. The van der Waals surface area contributed by atoms with E-state index < -0.39 is 5.91 Å². The van der Waals surface area contributed by atoms with Gasteiger partial charge in [-0.3, -0.25) is 14.0 Å². The summed E-state index contributed by atoms with van der Waals surface area (Å²) in [6, 6.07) is 14.2. The number of nitrogens with one attached hydrogen (secondary N) is 2. The summed E-state index contributed by atoms with van der Waals surface area (Å²) >= 11 is 0. The number of carbonyl (C=O) groups excluding carboxylic acids is 2. The Morgan fingerprint density at radius 2 is 1.90 bits per heavy atom.